The molecule has 8 heteroatoms. The third-order valence-corrected chi connectivity index (χ3v) is 6.03. The predicted octanol–water partition coefficient (Wildman–Crippen LogP) is 3.90. The highest BCUT2D eigenvalue weighted by molar-refractivity contribution is 7.14. The first-order chi connectivity index (χ1) is 13.5. The molecule has 0 unspecified atom stereocenters. The third-order valence-electron chi connectivity index (χ3n) is 4.40. The van der Waals surface area contributed by atoms with Crippen LogP contribution in [0.1, 0.15) is 27.4 Å². The number of ketones is 1. The Morgan fingerprint density at radius 1 is 1.25 bits per heavy atom. The molecule has 0 aliphatic carbocycles. The smallest absolute Gasteiger partial charge is 0.312 e. The fourth-order valence-electron chi connectivity index (χ4n) is 2.94. The molecule has 3 aromatic heterocycles. The molecule has 0 N–H and O–H groups in total. The minimum absolute atomic E-state index is 0.0563. The van der Waals surface area contributed by atoms with E-state index in [0.717, 1.165) is 22.0 Å². The molecule has 0 aliphatic heterocycles. The van der Waals surface area contributed by atoms with E-state index in [1.807, 2.05) is 46.7 Å². The van der Waals surface area contributed by atoms with Gasteiger partial charge in [-0.25, -0.2) is 4.98 Å². The maximum atomic E-state index is 12.5. The van der Waals surface area contributed by atoms with Crippen molar-refractivity contribution in [1.29, 1.82) is 0 Å². The number of methoxy groups -OCH3 is 1. The molecule has 6 nitrogen and oxygen atoms in total. The van der Waals surface area contributed by atoms with Crippen molar-refractivity contribution in [1.82, 2.24) is 9.55 Å². The van der Waals surface area contributed by atoms with Gasteiger partial charge in [0.2, 0.25) is 5.78 Å². The highest BCUT2D eigenvalue weighted by Gasteiger charge is 2.18. The number of ether oxygens (including phenoxy) is 2. The predicted molar refractivity (Wildman–Crippen MR) is 110 cm³/mol. The normalized spacial score (nSPS) is 11.0. The molecule has 3 aromatic rings. The summed E-state index contributed by atoms with van der Waals surface area (Å²) >= 11 is 3.09. The van der Waals surface area contributed by atoms with Crippen LogP contribution in [-0.4, -0.2) is 41.6 Å². The number of esters is 1. The fraction of sp³-hybridized carbons (Fsp3) is 0.350. The topological polar surface area (TPSA) is 70.4 Å². The van der Waals surface area contributed by atoms with Crippen LogP contribution in [0.3, 0.4) is 0 Å². The molecule has 0 spiro atoms. The monoisotopic (exact) mass is 418 g/mol. The second kappa shape index (κ2) is 9.27. The minimum atomic E-state index is -0.455. The molecule has 148 valence electrons. The molecule has 3 heterocycles. The average Bonchev–Trinajstić information content (AvgIpc) is 3.40. The van der Waals surface area contributed by atoms with Crippen molar-refractivity contribution in [3.8, 4) is 10.6 Å². The number of hydrogen-bond acceptors (Lipinski definition) is 7. The van der Waals surface area contributed by atoms with Gasteiger partial charge in [-0.05, 0) is 31.4 Å². The van der Waals surface area contributed by atoms with Gasteiger partial charge in [-0.15, -0.1) is 11.3 Å². The summed E-state index contributed by atoms with van der Waals surface area (Å²) in [5.41, 5.74) is 4.12. The minimum Gasteiger partial charge on any atom is -0.457 e. The Labute approximate surface area is 171 Å². The first-order valence-electron chi connectivity index (χ1n) is 8.81. The Balaban J connectivity index is 1.55. The summed E-state index contributed by atoms with van der Waals surface area (Å²) < 4.78 is 12.3. The molecule has 28 heavy (non-hydrogen) atoms. The Bertz CT molecular complexity index is 957. The number of carbonyl (C=O) groups excluding carboxylic acids is 2. The standard InChI is InChI=1S/C20H22N2O4S2/c1-13-8-17(14(2)22(13)5-6-25-3)18(23)10-26-19(24)9-16-12-28-20(21-16)15-4-7-27-11-15/h4,7-8,11-12H,5-6,9-10H2,1-3H3. The van der Waals surface area contributed by atoms with Crippen molar-refractivity contribution in [3.63, 3.8) is 0 Å². The lowest BCUT2D eigenvalue weighted by Gasteiger charge is -2.09. The maximum Gasteiger partial charge on any atom is 0.312 e. The lowest BCUT2D eigenvalue weighted by molar-refractivity contribution is -0.141. The van der Waals surface area contributed by atoms with Crippen LogP contribution >= 0.6 is 22.7 Å². The van der Waals surface area contributed by atoms with Crippen LogP contribution in [0, 0.1) is 13.8 Å². The number of Topliss-reactive ketones (excluding diaryl/α,β-unsaturated/α-hetero) is 1. The summed E-state index contributed by atoms with van der Waals surface area (Å²) in [6.45, 7) is 4.81. The van der Waals surface area contributed by atoms with Crippen LogP contribution in [0.5, 0.6) is 0 Å². The van der Waals surface area contributed by atoms with Crippen LogP contribution in [0.4, 0.5) is 0 Å². The summed E-state index contributed by atoms with van der Waals surface area (Å²) in [5.74, 6) is -0.661. The van der Waals surface area contributed by atoms with E-state index in [4.69, 9.17) is 9.47 Å². The zero-order valence-corrected chi connectivity index (χ0v) is 17.7. The number of carbonyl (C=O) groups is 2. The van der Waals surface area contributed by atoms with Crippen LogP contribution in [-0.2, 0) is 27.2 Å². The van der Waals surface area contributed by atoms with Crippen molar-refractivity contribution in [2.75, 3.05) is 20.3 Å². The number of thiazole rings is 1. The molecule has 0 saturated heterocycles. The summed E-state index contributed by atoms with van der Waals surface area (Å²) in [5, 5.41) is 6.73. The van der Waals surface area contributed by atoms with Crippen molar-refractivity contribution in [3.05, 3.63) is 50.9 Å². The Kier molecular flexibility index (Phi) is 6.77. The Morgan fingerprint density at radius 3 is 2.79 bits per heavy atom. The third kappa shape index (κ3) is 4.76. The van der Waals surface area contributed by atoms with Crippen LogP contribution in [0.25, 0.3) is 10.6 Å². The second-order valence-corrected chi connectivity index (χ2v) is 7.98. The molecule has 3 rings (SSSR count). The second-order valence-electron chi connectivity index (χ2n) is 6.35. The molecule has 0 aliphatic rings. The zero-order chi connectivity index (χ0) is 20.1. The van der Waals surface area contributed by atoms with Crippen molar-refractivity contribution in [2.45, 2.75) is 26.8 Å². The van der Waals surface area contributed by atoms with E-state index in [0.29, 0.717) is 24.4 Å². The lowest BCUT2D eigenvalue weighted by Crippen LogP contribution is -2.16. The number of thiophene rings is 1. The van der Waals surface area contributed by atoms with Gasteiger partial charge in [-0.3, -0.25) is 9.59 Å². The fourth-order valence-corrected chi connectivity index (χ4v) is 4.47. The quantitative estimate of drug-likeness (QED) is 0.389. The van der Waals surface area contributed by atoms with Gasteiger partial charge in [-0.1, -0.05) is 0 Å². The largest absolute Gasteiger partial charge is 0.457 e. The van der Waals surface area contributed by atoms with Crippen molar-refractivity contribution >= 4 is 34.4 Å². The number of rotatable bonds is 9. The van der Waals surface area contributed by atoms with Gasteiger partial charge in [0.25, 0.3) is 0 Å². The van der Waals surface area contributed by atoms with Crippen LogP contribution < -0.4 is 0 Å². The van der Waals surface area contributed by atoms with Gasteiger partial charge in [0.05, 0.1) is 18.7 Å². The summed E-state index contributed by atoms with van der Waals surface area (Å²) in [7, 11) is 1.64. The molecule has 0 bridgehead atoms. The maximum absolute atomic E-state index is 12.5. The Morgan fingerprint density at radius 2 is 2.07 bits per heavy atom. The molecule has 0 fully saturated rings. The number of aryl methyl sites for hydroxylation is 1. The van der Waals surface area contributed by atoms with Crippen molar-refractivity contribution in [2.24, 2.45) is 0 Å². The lowest BCUT2D eigenvalue weighted by atomic mass is 10.1. The van der Waals surface area contributed by atoms with E-state index in [1.54, 1.807) is 18.4 Å². The van der Waals surface area contributed by atoms with Crippen LogP contribution in [0.2, 0.25) is 0 Å². The van der Waals surface area contributed by atoms with E-state index >= 15 is 0 Å². The molecule has 0 radical (unpaired) electrons. The zero-order valence-electron chi connectivity index (χ0n) is 16.1. The highest BCUT2D eigenvalue weighted by atomic mass is 32.1. The first-order valence-corrected chi connectivity index (χ1v) is 10.6. The van der Waals surface area contributed by atoms with Crippen LogP contribution in [0.15, 0.2) is 28.3 Å². The van der Waals surface area contributed by atoms with E-state index in [9.17, 15) is 9.59 Å². The molecular weight excluding hydrogens is 396 g/mol. The molecule has 0 atom stereocenters. The molecule has 0 aromatic carbocycles. The van der Waals surface area contributed by atoms with Gasteiger partial charge in [0.1, 0.15) is 5.01 Å². The Hall–Kier alpha value is -2.29. The molecular formula is C20H22N2O4S2. The van der Waals surface area contributed by atoms with Crippen molar-refractivity contribution < 1.29 is 19.1 Å². The van der Waals surface area contributed by atoms with Gasteiger partial charge in [0, 0.05) is 46.9 Å². The van der Waals surface area contributed by atoms with E-state index in [1.165, 1.54) is 11.3 Å². The summed E-state index contributed by atoms with van der Waals surface area (Å²) in [4.78, 5) is 29.1. The number of hydrogen-bond donors (Lipinski definition) is 0. The van der Waals surface area contributed by atoms with E-state index in [2.05, 4.69) is 4.98 Å². The number of nitrogens with zero attached hydrogens (tertiary/aromatic N) is 2. The molecule has 0 saturated carbocycles. The van der Waals surface area contributed by atoms with Gasteiger partial charge >= 0.3 is 5.97 Å². The van der Waals surface area contributed by atoms with Gasteiger partial charge < -0.3 is 14.0 Å². The van der Waals surface area contributed by atoms with E-state index in [-0.39, 0.29) is 18.8 Å². The van der Waals surface area contributed by atoms with Gasteiger partial charge in [0.15, 0.2) is 6.61 Å². The summed E-state index contributed by atoms with van der Waals surface area (Å²) in [6, 6.07) is 3.82. The van der Waals surface area contributed by atoms with Gasteiger partial charge in [-0.2, -0.15) is 11.3 Å². The number of aromatic nitrogens is 2. The highest BCUT2D eigenvalue weighted by Crippen LogP contribution is 2.26. The summed E-state index contributed by atoms with van der Waals surface area (Å²) in [6.07, 6.45) is 0.0563. The first kappa shape index (κ1) is 20.4. The van der Waals surface area contributed by atoms with E-state index < -0.39 is 5.97 Å². The molecule has 0 amide bonds. The average molecular weight is 419 g/mol. The SMILES string of the molecule is COCCn1c(C)cc(C(=O)COC(=O)Cc2csc(-c3ccsc3)n2)c1C.